The van der Waals surface area contributed by atoms with Gasteiger partial charge in [-0.3, -0.25) is 9.59 Å². The molecule has 0 bridgehead atoms. The van der Waals surface area contributed by atoms with E-state index in [1.54, 1.807) is 6.07 Å². The predicted molar refractivity (Wildman–Crippen MR) is 87.3 cm³/mol. The second-order valence-corrected chi connectivity index (χ2v) is 5.63. The lowest BCUT2D eigenvalue weighted by Crippen LogP contribution is -2.36. The number of amides is 2. The number of carbonyl (C=O) groups is 2. The molecule has 1 unspecified atom stereocenters. The van der Waals surface area contributed by atoms with Crippen LogP contribution >= 0.6 is 0 Å². The summed E-state index contributed by atoms with van der Waals surface area (Å²) >= 11 is 0. The van der Waals surface area contributed by atoms with E-state index in [0.717, 1.165) is 0 Å². The fourth-order valence-corrected chi connectivity index (χ4v) is 2.69. The number of rotatable bonds is 5. The molecule has 1 aliphatic rings. The maximum absolute atomic E-state index is 13.3. The van der Waals surface area contributed by atoms with Crippen molar-refractivity contribution in [3.8, 4) is 5.75 Å². The van der Waals surface area contributed by atoms with Crippen molar-refractivity contribution in [2.24, 2.45) is 0 Å². The molecule has 0 spiro atoms. The van der Waals surface area contributed by atoms with Crippen molar-refractivity contribution in [2.45, 2.75) is 12.3 Å². The molecular formula is C18H16F2N2O3. The van der Waals surface area contributed by atoms with E-state index in [9.17, 15) is 18.4 Å². The first-order valence-electron chi connectivity index (χ1n) is 7.78. The Balaban J connectivity index is 1.57. The molecule has 1 aliphatic heterocycles. The number of halogens is 2. The van der Waals surface area contributed by atoms with Crippen LogP contribution in [0.15, 0.2) is 42.5 Å². The number of ether oxygens (including phenoxy) is 1. The van der Waals surface area contributed by atoms with Gasteiger partial charge in [0.15, 0.2) is 0 Å². The summed E-state index contributed by atoms with van der Waals surface area (Å²) in [6, 6.07) is 9.64. The average Bonchev–Trinajstić information content (AvgIpc) is 2.57. The van der Waals surface area contributed by atoms with E-state index >= 15 is 0 Å². The summed E-state index contributed by atoms with van der Waals surface area (Å²) in [6.07, 6.45) is -0.00474. The third kappa shape index (κ3) is 4.12. The van der Waals surface area contributed by atoms with Gasteiger partial charge in [0.05, 0.1) is 12.5 Å². The summed E-state index contributed by atoms with van der Waals surface area (Å²) in [5, 5.41) is 5.24. The fraction of sp³-hybridized carbons (Fsp3) is 0.222. The largest absolute Gasteiger partial charge is 0.492 e. The maximum atomic E-state index is 13.3. The van der Waals surface area contributed by atoms with Gasteiger partial charge in [0, 0.05) is 18.2 Å². The van der Waals surface area contributed by atoms with Gasteiger partial charge >= 0.3 is 0 Å². The summed E-state index contributed by atoms with van der Waals surface area (Å²) in [5.74, 6) is -1.88. The van der Waals surface area contributed by atoms with Crippen molar-refractivity contribution >= 4 is 17.5 Å². The van der Waals surface area contributed by atoms with Gasteiger partial charge in [-0.1, -0.05) is 12.1 Å². The molecule has 25 heavy (non-hydrogen) atoms. The number of hydrogen-bond acceptors (Lipinski definition) is 3. The van der Waals surface area contributed by atoms with E-state index in [-0.39, 0.29) is 31.4 Å². The Morgan fingerprint density at radius 2 is 2.00 bits per heavy atom. The zero-order valence-electron chi connectivity index (χ0n) is 13.2. The monoisotopic (exact) mass is 346 g/mol. The molecule has 2 N–H and O–H groups in total. The molecule has 0 aromatic heterocycles. The lowest BCUT2D eigenvalue weighted by molar-refractivity contribution is -0.126. The molecule has 1 heterocycles. The van der Waals surface area contributed by atoms with Gasteiger partial charge in [-0.05, 0) is 29.8 Å². The zero-order chi connectivity index (χ0) is 17.8. The third-order valence-electron chi connectivity index (χ3n) is 3.84. The first-order chi connectivity index (χ1) is 12.0. The van der Waals surface area contributed by atoms with Crippen molar-refractivity contribution < 1.29 is 23.1 Å². The number of hydrogen-bond donors (Lipinski definition) is 2. The number of nitrogens with one attached hydrogen (secondary N) is 2. The Hall–Kier alpha value is -2.96. The Bertz CT molecular complexity index is 811. The highest BCUT2D eigenvalue weighted by Crippen LogP contribution is 2.32. The zero-order valence-corrected chi connectivity index (χ0v) is 13.2. The molecular weight excluding hydrogens is 330 g/mol. The summed E-state index contributed by atoms with van der Waals surface area (Å²) in [7, 11) is 0. The topological polar surface area (TPSA) is 67.4 Å². The van der Waals surface area contributed by atoms with E-state index in [2.05, 4.69) is 10.6 Å². The molecule has 2 aromatic carbocycles. The molecule has 0 saturated heterocycles. The van der Waals surface area contributed by atoms with E-state index in [1.807, 2.05) is 0 Å². The number of carbonyl (C=O) groups excluding carboxylic acids is 2. The van der Waals surface area contributed by atoms with Crippen molar-refractivity contribution in [1.82, 2.24) is 5.32 Å². The molecule has 130 valence electrons. The number of anilines is 1. The minimum atomic E-state index is -0.682. The molecule has 0 aliphatic carbocycles. The second kappa shape index (κ2) is 7.29. The minimum absolute atomic E-state index is 0.00474. The van der Waals surface area contributed by atoms with Gasteiger partial charge in [0.1, 0.15) is 24.0 Å². The van der Waals surface area contributed by atoms with Crippen LogP contribution in [0.1, 0.15) is 17.9 Å². The van der Waals surface area contributed by atoms with Crippen LogP contribution in [0.3, 0.4) is 0 Å². The van der Waals surface area contributed by atoms with Gasteiger partial charge in [0.2, 0.25) is 11.8 Å². The van der Waals surface area contributed by atoms with Crippen LogP contribution in [-0.4, -0.2) is 25.0 Å². The second-order valence-electron chi connectivity index (χ2n) is 5.63. The highest BCUT2D eigenvalue weighted by atomic mass is 19.1. The van der Waals surface area contributed by atoms with Crippen LogP contribution in [0, 0.1) is 11.6 Å². The molecule has 0 saturated carbocycles. The Morgan fingerprint density at radius 3 is 2.80 bits per heavy atom. The average molecular weight is 346 g/mol. The fourth-order valence-electron chi connectivity index (χ4n) is 2.69. The SMILES string of the molecule is O=C1CC(C(=O)NCCOc2cccc(F)c2)c2ccc(F)cc2N1. The van der Waals surface area contributed by atoms with Crippen LogP contribution < -0.4 is 15.4 Å². The van der Waals surface area contributed by atoms with E-state index in [1.165, 1.54) is 36.4 Å². The van der Waals surface area contributed by atoms with Crippen LogP contribution in [0.4, 0.5) is 14.5 Å². The van der Waals surface area contributed by atoms with Gasteiger partial charge in [-0.25, -0.2) is 8.78 Å². The number of fused-ring (bicyclic) bond motifs is 1. The summed E-state index contributed by atoms with van der Waals surface area (Å²) in [6.45, 7) is 0.356. The molecule has 2 aromatic rings. The van der Waals surface area contributed by atoms with Gasteiger partial charge in [0.25, 0.3) is 0 Å². The van der Waals surface area contributed by atoms with Crippen molar-refractivity contribution in [1.29, 1.82) is 0 Å². The smallest absolute Gasteiger partial charge is 0.228 e. The molecule has 2 amide bonds. The Kier molecular flexibility index (Phi) is 4.92. The maximum Gasteiger partial charge on any atom is 0.228 e. The third-order valence-corrected chi connectivity index (χ3v) is 3.84. The van der Waals surface area contributed by atoms with Crippen molar-refractivity contribution in [3.63, 3.8) is 0 Å². The van der Waals surface area contributed by atoms with Crippen molar-refractivity contribution in [3.05, 3.63) is 59.7 Å². The van der Waals surface area contributed by atoms with Crippen LogP contribution in [-0.2, 0) is 9.59 Å². The highest BCUT2D eigenvalue weighted by Gasteiger charge is 2.30. The summed E-state index contributed by atoms with van der Waals surface area (Å²) in [4.78, 5) is 24.1. The standard InChI is InChI=1S/C18H16F2N2O3/c19-11-2-1-3-13(8-11)25-7-6-21-18(24)15-10-17(23)22-16-9-12(20)4-5-14(15)16/h1-5,8-9,15H,6-7,10H2,(H,21,24)(H,22,23). The Morgan fingerprint density at radius 1 is 1.20 bits per heavy atom. The molecule has 0 fully saturated rings. The van der Waals surface area contributed by atoms with E-state index in [0.29, 0.717) is 17.0 Å². The Labute approximate surface area is 143 Å². The van der Waals surface area contributed by atoms with E-state index < -0.39 is 17.6 Å². The minimum Gasteiger partial charge on any atom is -0.492 e. The lowest BCUT2D eigenvalue weighted by atomic mass is 9.90. The van der Waals surface area contributed by atoms with Crippen LogP contribution in [0.2, 0.25) is 0 Å². The quantitative estimate of drug-likeness (QED) is 0.818. The molecule has 0 radical (unpaired) electrons. The number of benzene rings is 2. The predicted octanol–water partition coefficient (Wildman–Crippen LogP) is 2.59. The highest BCUT2D eigenvalue weighted by molar-refractivity contribution is 6.01. The lowest BCUT2D eigenvalue weighted by Gasteiger charge is -2.24. The van der Waals surface area contributed by atoms with E-state index in [4.69, 9.17) is 4.74 Å². The first-order valence-corrected chi connectivity index (χ1v) is 7.78. The molecule has 7 heteroatoms. The van der Waals surface area contributed by atoms with Gasteiger partial charge in [-0.15, -0.1) is 0 Å². The van der Waals surface area contributed by atoms with Gasteiger partial charge < -0.3 is 15.4 Å². The van der Waals surface area contributed by atoms with Gasteiger partial charge in [-0.2, -0.15) is 0 Å². The molecule has 1 atom stereocenters. The van der Waals surface area contributed by atoms with Crippen LogP contribution in [0.5, 0.6) is 5.75 Å². The van der Waals surface area contributed by atoms with Crippen molar-refractivity contribution in [2.75, 3.05) is 18.5 Å². The normalized spacial score (nSPS) is 15.9. The molecule has 5 nitrogen and oxygen atoms in total. The first kappa shape index (κ1) is 16.9. The summed E-state index contributed by atoms with van der Waals surface area (Å²) < 4.78 is 31.7. The molecule has 3 rings (SSSR count). The van der Waals surface area contributed by atoms with Crippen LogP contribution in [0.25, 0.3) is 0 Å². The summed E-state index contributed by atoms with van der Waals surface area (Å²) in [5.41, 5.74) is 0.886.